The lowest BCUT2D eigenvalue weighted by Gasteiger charge is -2.12. The normalized spacial score (nSPS) is 11.3. The van der Waals surface area contributed by atoms with Crippen molar-refractivity contribution in [2.45, 2.75) is 26.3 Å². The van der Waals surface area contributed by atoms with Crippen LogP contribution in [0.3, 0.4) is 0 Å². The van der Waals surface area contributed by atoms with Gasteiger partial charge >= 0.3 is 12.3 Å². The zero-order valence-electron chi connectivity index (χ0n) is 15.2. The molecule has 0 fully saturated rings. The average Bonchev–Trinajstić information content (AvgIpc) is 3.29. The molecule has 7 nitrogen and oxygen atoms in total. The summed E-state index contributed by atoms with van der Waals surface area (Å²) in [7, 11) is 0. The first-order valence-electron chi connectivity index (χ1n) is 8.43. The summed E-state index contributed by atoms with van der Waals surface area (Å²) in [6.07, 6.45) is -2.62. The third-order valence-electron chi connectivity index (χ3n) is 3.89. The van der Waals surface area contributed by atoms with Crippen molar-refractivity contribution in [2.24, 2.45) is 0 Å². The van der Waals surface area contributed by atoms with Crippen molar-refractivity contribution < 1.29 is 31.9 Å². The molecule has 0 unspecified atom stereocenters. The minimum absolute atomic E-state index is 0.148. The number of Topliss-reactive ketones (excluding diaryl/α,β-unsaturated/α-hetero) is 1. The van der Waals surface area contributed by atoms with Crippen LogP contribution >= 0.6 is 0 Å². The van der Waals surface area contributed by atoms with E-state index >= 15 is 0 Å². The minimum atomic E-state index is -4.54. The van der Waals surface area contributed by atoms with E-state index in [0.29, 0.717) is 5.76 Å². The zero-order valence-corrected chi connectivity index (χ0v) is 15.2. The molecule has 3 aromatic rings. The fourth-order valence-corrected chi connectivity index (χ4v) is 2.55. The Hall–Kier alpha value is -3.56. The fraction of sp³-hybridized carbons (Fsp3) is 0.211. The number of amides is 1. The molecule has 2 aromatic heterocycles. The Kier molecular flexibility index (Phi) is 5.71. The molecule has 0 radical (unpaired) electrons. The summed E-state index contributed by atoms with van der Waals surface area (Å²) in [5, 5.41) is 6.43. The summed E-state index contributed by atoms with van der Waals surface area (Å²) in [6, 6.07) is 8.05. The Morgan fingerprint density at radius 1 is 1.21 bits per heavy atom. The third kappa shape index (κ3) is 5.24. The van der Waals surface area contributed by atoms with Gasteiger partial charge in [-0.25, -0.2) is 4.79 Å². The van der Waals surface area contributed by atoms with E-state index in [1.807, 2.05) is 0 Å². The van der Waals surface area contributed by atoms with Crippen LogP contribution in [-0.2, 0) is 24.1 Å². The van der Waals surface area contributed by atoms with Gasteiger partial charge in [-0.1, -0.05) is 18.2 Å². The van der Waals surface area contributed by atoms with Gasteiger partial charge in [-0.05, 0) is 18.2 Å². The van der Waals surface area contributed by atoms with Crippen molar-refractivity contribution >= 4 is 17.6 Å². The molecule has 1 N–H and O–H groups in total. The molecule has 0 saturated carbocycles. The first-order chi connectivity index (χ1) is 13.7. The molecule has 0 atom stereocenters. The maximum absolute atomic E-state index is 13.0. The summed E-state index contributed by atoms with van der Waals surface area (Å²) in [5.41, 5.74) is -0.716. The van der Waals surface area contributed by atoms with Crippen LogP contribution in [0.15, 0.2) is 53.2 Å². The van der Waals surface area contributed by atoms with E-state index in [-0.39, 0.29) is 29.3 Å². The number of carbonyl (C=O) groups excluding carboxylic acids is 2. The van der Waals surface area contributed by atoms with Crippen molar-refractivity contribution in [3.8, 4) is 0 Å². The van der Waals surface area contributed by atoms with Gasteiger partial charge < -0.3 is 9.15 Å². The van der Waals surface area contributed by atoms with Crippen molar-refractivity contribution in [1.29, 1.82) is 0 Å². The second-order valence-corrected chi connectivity index (χ2v) is 6.10. The van der Waals surface area contributed by atoms with Gasteiger partial charge in [0.15, 0.2) is 11.5 Å². The standard InChI is InChI=1S/C19H16F3N3O4/c1-12(26)17-7-6-15(29-17)10-25-9-14(8-23-25)24-18(27)28-11-13-4-2-3-5-16(13)19(20,21)22/h2-9H,10-11H2,1H3,(H,24,27). The predicted molar refractivity (Wildman–Crippen MR) is 95.3 cm³/mol. The Morgan fingerprint density at radius 2 is 1.97 bits per heavy atom. The van der Waals surface area contributed by atoms with E-state index in [9.17, 15) is 22.8 Å². The Balaban J connectivity index is 1.56. The van der Waals surface area contributed by atoms with Crippen molar-refractivity contribution in [3.05, 3.63) is 71.4 Å². The number of ether oxygens (including phenoxy) is 1. The van der Waals surface area contributed by atoms with Gasteiger partial charge in [0.05, 0.1) is 24.0 Å². The van der Waals surface area contributed by atoms with Gasteiger partial charge in [0.2, 0.25) is 0 Å². The van der Waals surface area contributed by atoms with E-state index in [1.165, 1.54) is 42.2 Å². The van der Waals surface area contributed by atoms with Gasteiger partial charge in [-0.15, -0.1) is 0 Å². The van der Waals surface area contributed by atoms with Gasteiger partial charge in [-0.2, -0.15) is 18.3 Å². The molecular formula is C19H16F3N3O4. The molecular weight excluding hydrogens is 391 g/mol. The highest BCUT2D eigenvalue weighted by Gasteiger charge is 2.33. The second-order valence-electron chi connectivity index (χ2n) is 6.10. The Labute approximate surface area is 163 Å². The number of rotatable bonds is 6. The third-order valence-corrected chi connectivity index (χ3v) is 3.89. The molecule has 10 heteroatoms. The number of aromatic nitrogens is 2. The molecule has 1 aromatic carbocycles. The number of halogens is 3. The van der Waals surface area contributed by atoms with Gasteiger partial charge in [0.25, 0.3) is 0 Å². The van der Waals surface area contributed by atoms with Crippen LogP contribution in [0.1, 0.15) is 34.4 Å². The second kappa shape index (κ2) is 8.21. The maximum Gasteiger partial charge on any atom is 0.416 e. The number of ketones is 1. The van der Waals surface area contributed by atoms with Crippen molar-refractivity contribution in [2.75, 3.05) is 5.32 Å². The summed E-state index contributed by atoms with van der Waals surface area (Å²) >= 11 is 0. The number of hydrogen-bond donors (Lipinski definition) is 1. The zero-order chi connectivity index (χ0) is 21.0. The lowest BCUT2D eigenvalue weighted by molar-refractivity contribution is -0.138. The lowest BCUT2D eigenvalue weighted by Crippen LogP contribution is -2.15. The highest BCUT2D eigenvalue weighted by molar-refractivity contribution is 5.91. The van der Waals surface area contributed by atoms with Crippen LogP contribution < -0.4 is 5.32 Å². The monoisotopic (exact) mass is 407 g/mol. The lowest BCUT2D eigenvalue weighted by atomic mass is 10.1. The SMILES string of the molecule is CC(=O)c1ccc(Cn2cc(NC(=O)OCc3ccccc3C(F)(F)F)cn2)o1. The summed E-state index contributed by atoms with van der Waals surface area (Å²) < 4.78 is 50.5. The summed E-state index contributed by atoms with van der Waals surface area (Å²) in [6.45, 7) is 1.08. The minimum Gasteiger partial charge on any atom is -0.456 e. The first kappa shape index (κ1) is 20.2. The quantitative estimate of drug-likeness (QED) is 0.609. The van der Waals surface area contributed by atoms with Crippen LogP contribution in [0.5, 0.6) is 0 Å². The van der Waals surface area contributed by atoms with E-state index in [0.717, 1.165) is 6.07 Å². The summed E-state index contributed by atoms with van der Waals surface area (Å²) in [5.74, 6) is 0.526. The number of nitrogens with zero attached hydrogens (tertiary/aromatic N) is 2. The molecule has 0 aliphatic rings. The average molecular weight is 407 g/mol. The number of carbonyl (C=O) groups is 2. The molecule has 2 heterocycles. The number of hydrogen-bond acceptors (Lipinski definition) is 5. The maximum atomic E-state index is 13.0. The molecule has 0 spiro atoms. The van der Waals surface area contributed by atoms with Crippen LogP contribution in [-0.4, -0.2) is 21.7 Å². The fourth-order valence-electron chi connectivity index (χ4n) is 2.55. The molecule has 0 saturated heterocycles. The van der Waals surface area contributed by atoms with Crippen LogP contribution in [0.25, 0.3) is 0 Å². The molecule has 0 aliphatic carbocycles. The molecule has 3 rings (SSSR count). The number of furan rings is 1. The van der Waals surface area contributed by atoms with E-state index in [4.69, 9.17) is 9.15 Å². The highest BCUT2D eigenvalue weighted by atomic mass is 19.4. The Morgan fingerprint density at radius 3 is 2.66 bits per heavy atom. The topological polar surface area (TPSA) is 86.4 Å². The largest absolute Gasteiger partial charge is 0.456 e. The molecule has 0 aliphatic heterocycles. The molecule has 0 bridgehead atoms. The number of benzene rings is 1. The summed E-state index contributed by atoms with van der Waals surface area (Å²) in [4.78, 5) is 23.1. The Bertz CT molecular complexity index is 1020. The predicted octanol–water partition coefficient (Wildman–Crippen LogP) is 4.49. The van der Waals surface area contributed by atoms with Crippen LogP contribution in [0.4, 0.5) is 23.7 Å². The van der Waals surface area contributed by atoms with Crippen molar-refractivity contribution in [1.82, 2.24) is 9.78 Å². The number of anilines is 1. The highest BCUT2D eigenvalue weighted by Crippen LogP contribution is 2.32. The van der Waals surface area contributed by atoms with E-state index < -0.39 is 24.4 Å². The molecule has 29 heavy (non-hydrogen) atoms. The van der Waals surface area contributed by atoms with Gasteiger partial charge in [0, 0.05) is 18.7 Å². The van der Waals surface area contributed by atoms with Gasteiger partial charge in [-0.3, -0.25) is 14.8 Å². The smallest absolute Gasteiger partial charge is 0.416 e. The first-order valence-corrected chi connectivity index (χ1v) is 8.43. The molecule has 152 valence electrons. The number of alkyl halides is 3. The van der Waals surface area contributed by atoms with Crippen LogP contribution in [0, 0.1) is 0 Å². The molecule has 1 amide bonds. The van der Waals surface area contributed by atoms with E-state index in [1.54, 1.807) is 12.1 Å². The number of nitrogens with one attached hydrogen (secondary N) is 1. The van der Waals surface area contributed by atoms with Gasteiger partial charge in [0.1, 0.15) is 12.4 Å². The van der Waals surface area contributed by atoms with Crippen LogP contribution in [0.2, 0.25) is 0 Å². The van der Waals surface area contributed by atoms with Crippen molar-refractivity contribution in [3.63, 3.8) is 0 Å². The van der Waals surface area contributed by atoms with E-state index in [2.05, 4.69) is 10.4 Å².